The number of hydrogen-bond donors (Lipinski definition) is 1. The molecule has 1 unspecified atom stereocenters. The maximum atomic E-state index is 5.58. The number of halogens is 1. The van der Waals surface area contributed by atoms with Gasteiger partial charge in [-0.3, -0.25) is 0 Å². The fourth-order valence-electron chi connectivity index (χ4n) is 2.18. The van der Waals surface area contributed by atoms with Gasteiger partial charge in [-0.1, -0.05) is 0 Å². The summed E-state index contributed by atoms with van der Waals surface area (Å²) < 4.78 is 6.84. The van der Waals surface area contributed by atoms with Crippen molar-refractivity contribution >= 4 is 28.3 Å². The SMILES string of the molecule is Cc1cc(C(C)Nc2ccc(I)cc2C)c(C)o1. The molecule has 0 aliphatic heterocycles. The summed E-state index contributed by atoms with van der Waals surface area (Å²) in [5, 5.41) is 3.54. The highest BCUT2D eigenvalue weighted by Crippen LogP contribution is 2.27. The minimum atomic E-state index is 0.251. The molecular weight excluding hydrogens is 337 g/mol. The van der Waals surface area contributed by atoms with Crippen LogP contribution in [-0.2, 0) is 0 Å². The number of aryl methyl sites for hydroxylation is 3. The molecule has 1 aromatic carbocycles. The van der Waals surface area contributed by atoms with Gasteiger partial charge in [0.15, 0.2) is 0 Å². The molecule has 0 spiro atoms. The van der Waals surface area contributed by atoms with E-state index in [2.05, 4.69) is 66.0 Å². The van der Waals surface area contributed by atoms with Crippen molar-refractivity contribution in [2.45, 2.75) is 33.7 Å². The molecule has 96 valence electrons. The van der Waals surface area contributed by atoms with Gasteiger partial charge < -0.3 is 9.73 Å². The predicted molar refractivity (Wildman–Crippen MR) is 84.1 cm³/mol. The van der Waals surface area contributed by atoms with Crippen LogP contribution in [0.25, 0.3) is 0 Å². The molecule has 2 aromatic rings. The smallest absolute Gasteiger partial charge is 0.106 e. The summed E-state index contributed by atoms with van der Waals surface area (Å²) in [5.41, 5.74) is 3.68. The molecule has 0 saturated heterocycles. The monoisotopic (exact) mass is 355 g/mol. The number of hydrogen-bond acceptors (Lipinski definition) is 2. The Hall–Kier alpha value is -0.970. The zero-order chi connectivity index (χ0) is 13.3. The van der Waals surface area contributed by atoms with Crippen LogP contribution in [0.15, 0.2) is 28.7 Å². The molecule has 0 aliphatic rings. The molecule has 0 fully saturated rings. The largest absolute Gasteiger partial charge is 0.466 e. The van der Waals surface area contributed by atoms with Gasteiger partial charge in [-0.2, -0.15) is 0 Å². The van der Waals surface area contributed by atoms with E-state index in [1.54, 1.807) is 0 Å². The normalized spacial score (nSPS) is 12.5. The molecule has 2 nitrogen and oxygen atoms in total. The summed E-state index contributed by atoms with van der Waals surface area (Å²) in [5.74, 6) is 1.96. The van der Waals surface area contributed by atoms with Crippen LogP contribution in [0.4, 0.5) is 5.69 Å². The van der Waals surface area contributed by atoms with Crippen LogP contribution in [0.1, 0.15) is 35.6 Å². The topological polar surface area (TPSA) is 25.2 Å². The van der Waals surface area contributed by atoms with Gasteiger partial charge in [-0.15, -0.1) is 0 Å². The van der Waals surface area contributed by atoms with E-state index < -0.39 is 0 Å². The highest BCUT2D eigenvalue weighted by molar-refractivity contribution is 14.1. The lowest BCUT2D eigenvalue weighted by molar-refractivity contribution is 0.500. The van der Waals surface area contributed by atoms with Gasteiger partial charge in [0.25, 0.3) is 0 Å². The van der Waals surface area contributed by atoms with E-state index in [4.69, 9.17) is 4.42 Å². The first-order valence-corrected chi connectivity index (χ1v) is 7.15. The Morgan fingerprint density at radius 3 is 2.44 bits per heavy atom. The van der Waals surface area contributed by atoms with Crippen LogP contribution in [0, 0.1) is 24.3 Å². The maximum Gasteiger partial charge on any atom is 0.106 e. The third-order valence-electron chi connectivity index (χ3n) is 3.11. The van der Waals surface area contributed by atoms with Crippen molar-refractivity contribution in [2.24, 2.45) is 0 Å². The summed E-state index contributed by atoms with van der Waals surface area (Å²) in [6.45, 7) is 8.29. The number of anilines is 1. The molecule has 18 heavy (non-hydrogen) atoms. The molecule has 2 rings (SSSR count). The lowest BCUT2D eigenvalue weighted by Crippen LogP contribution is -2.08. The quantitative estimate of drug-likeness (QED) is 0.786. The first-order valence-electron chi connectivity index (χ1n) is 6.07. The summed E-state index contributed by atoms with van der Waals surface area (Å²) in [6.07, 6.45) is 0. The third kappa shape index (κ3) is 2.88. The fraction of sp³-hybridized carbons (Fsp3) is 0.333. The van der Waals surface area contributed by atoms with Crippen molar-refractivity contribution in [3.63, 3.8) is 0 Å². The first-order chi connectivity index (χ1) is 8.47. The van der Waals surface area contributed by atoms with E-state index in [0.29, 0.717) is 0 Å². The summed E-state index contributed by atoms with van der Waals surface area (Å²) >= 11 is 2.33. The molecular formula is C15H18INO. The second-order valence-electron chi connectivity index (χ2n) is 4.69. The Labute approximate surface area is 122 Å². The van der Waals surface area contributed by atoms with Gasteiger partial charge in [-0.25, -0.2) is 0 Å². The van der Waals surface area contributed by atoms with Crippen LogP contribution in [0.3, 0.4) is 0 Å². The molecule has 3 heteroatoms. The van der Waals surface area contributed by atoms with Gasteiger partial charge in [0.2, 0.25) is 0 Å². The minimum absolute atomic E-state index is 0.251. The van der Waals surface area contributed by atoms with Crippen molar-refractivity contribution in [3.8, 4) is 0 Å². The lowest BCUT2D eigenvalue weighted by atomic mass is 10.1. The van der Waals surface area contributed by atoms with Crippen molar-refractivity contribution in [3.05, 3.63) is 50.5 Å². The zero-order valence-corrected chi connectivity index (χ0v) is 13.3. The fourth-order valence-corrected chi connectivity index (χ4v) is 2.83. The molecule has 0 saturated carbocycles. The first kappa shape index (κ1) is 13.5. The Kier molecular flexibility index (Phi) is 4.00. The van der Waals surface area contributed by atoms with Gasteiger partial charge >= 0.3 is 0 Å². The molecule has 0 amide bonds. The molecule has 1 N–H and O–H groups in total. The molecule has 1 aromatic heterocycles. The Morgan fingerprint density at radius 1 is 1.17 bits per heavy atom. The number of furan rings is 1. The highest BCUT2D eigenvalue weighted by atomic mass is 127. The van der Waals surface area contributed by atoms with Crippen LogP contribution < -0.4 is 5.32 Å². The van der Waals surface area contributed by atoms with E-state index in [-0.39, 0.29) is 6.04 Å². The van der Waals surface area contributed by atoms with E-state index >= 15 is 0 Å². The zero-order valence-electron chi connectivity index (χ0n) is 11.2. The molecule has 1 atom stereocenters. The van der Waals surface area contributed by atoms with Gasteiger partial charge in [-0.05, 0) is 80.1 Å². The van der Waals surface area contributed by atoms with E-state index in [9.17, 15) is 0 Å². The number of nitrogens with one attached hydrogen (secondary N) is 1. The Balaban J connectivity index is 2.21. The summed E-state index contributed by atoms with van der Waals surface area (Å²) in [4.78, 5) is 0. The molecule has 0 radical (unpaired) electrons. The van der Waals surface area contributed by atoms with Crippen LogP contribution in [0.5, 0.6) is 0 Å². The van der Waals surface area contributed by atoms with E-state index in [1.807, 2.05) is 13.8 Å². The molecule has 1 heterocycles. The van der Waals surface area contributed by atoms with Crippen LogP contribution >= 0.6 is 22.6 Å². The predicted octanol–water partition coefficient (Wildman–Crippen LogP) is 4.98. The second-order valence-corrected chi connectivity index (χ2v) is 5.94. The standard InChI is InChI=1S/C15H18INO/c1-9-7-13(16)5-6-15(9)17-11(3)14-8-10(2)18-12(14)4/h5-8,11,17H,1-4H3. The van der Waals surface area contributed by atoms with Crippen molar-refractivity contribution in [1.82, 2.24) is 0 Å². The molecule has 0 aliphatic carbocycles. The highest BCUT2D eigenvalue weighted by Gasteiger charge is 2.13. The summed E-state index contributed by atoms with van der Waals surface area (Å²) in [7, 11) is 0. The maximum absolute atomic E-state index is 5.58. The average Bonchev–Trinajstić information content (AvgIpc) is 2.62. The van der Waals surface area contributed by atoms with Gasteiger partial charge in [0.1, 0.15) is 11.5 Å². The van der Waals surface area contributed by atoms with Gasteiger partial charge in [0.05, 0.1) is 6.04 Å². The van der Waals surface area contributed by atoms with E-state index in [1.165, 1.54) is 20.4 Å². The Bertz CT molecular complexity index is 560. The van der Waals surface area contributed by atoms with Crippen molar-refractivity contribution < 1.29 is 4.42 Å². The van der Waals surface area contributed by atoms with Gasteiger partial charge in [0, 0.05) is 14.8 Å². The molecule has 0 bridgehead atoms. The third-order valence-corrected chi connectivity index (χ3v) is 3.78. The minimum Gasteiger partial charge on any atom is -0.466 e. The second kappa shape index (κ2) is 5.34. The van der Waals surface area contributed by atoms with Crippen LogP contribution in [-0.4, -0.2) is 0 Å². The van der Waals surface area contributed by atoms with Crippen molar-refractivity contribution in [2.75, 3.05) is 5.32 Å². The summed E-state index contributed by atoms with van der Waals surface area (Å²) in [6, 6.07) is 8.80. The van der Waals surface area contributed by atoms with Crippen molar-refractivity contribution in [1.29, 1.82) is 0 Å². The van der Waals surface area contributed by atoms with Crippen LogP contribution in [0.2, 0.25) is 0 Å². The van der Waals surface area contributed by atoms with E-state index in [0.717, 1.165) is 11.5 Å². The number of benzene rings is 1. The average molecular weight is 355 g/mol. The Morgan fingerprint density at radius 2 is 1.89 bits per heavy atom. The lowest BCUT2D eigenvalue weighted by Gasteiger charge is -2.16. The number of rotatable bonds is 3.